The Balaban J connectivity index is 2.09. The number of likely N-dealkylation sites (tertiary alicyclic amines) is 1. The van der Waals surface area contributed by atoms with E-state index in [1.165, 1.54) is 17.5 Å². The van der Waals surface area contributed by atoms with Crippen molar-refractivity contribution in [3.63, 3.8) is 0 Å². The number of carbonyl (C=O) groups is 1. The van der Waals surface area contributed by atoms with Crippen LogP contribution in [0.3, 0.4) is 0 Å². The first-order valence-electron chi connectivity index (χ1n) is 7.03. The number of hydrogen-bond donors (Lipinski definition) is 0. The van der Waals surface area contributed by atoms with E-state index in [9.17, 15) is 4.79 Å². The fraction of sp³-hybridized carbons (Fsp3) is 0.562. The largest absolute Gasteiger partial charge is 0.338 e. The normalized spacial score (nSPS) is 19.5. The molecule has 3 heteroatoms. The second-order valence-corrected chi connectivity index (χ2v) is 5.81. The minimum absolute atomic E-state index is 0.221. The highest BCUT2D eigenvalue weighted by Gasteiger charge is 2.25. The molecule has 0 aromatic heterocycles. The van der Waals surface area contributed by atoms with E-state index in [0.29, 0.717) is 12.3 Å². The van der Waals surface area contributed by atoms with Gasteiger partial charge in [-0.05, 0) is 44.2 Å². The molecule has 0 radical (unpaired) electrons. The first kappa shape index (κ1) is 14.4. The Morgan fingerprint density at radius 2 is 2.16 bits per heavy atom. The zero-order chi connectivity index (χ0) is 13.8. The van der Waals surface area contributed by atoms with Crippen LogP contribution >= 0.6 is 11.6 Å². The minimum atomic E-state index is 0.221. The monoisotopic (exact) mass is 279 g/mol. The second kappa shape index (κ2) is 6.42. The van der Waals surface area contributed by atoms with Gasteiger partial charge in [-0.3, -0.25) is 4.79 Å². The molecule has 0 saturated carbocycles. The van der Waals surface area contributed by atoms with Crippen molar-refractivity contribution in [1.82, 2.24) is 4.90 Å². The van der Waals surface area contributed by atoms with Crippen LogP contribution in [0.1, 0.15) is 36.0 Å². The topological polar surface area (TPSA) is 20.3 Å². The summed E-state index contributed by atoms with van der Waals surface area (Å²) in [5.74, 6) is 0.775. The van der Waals surface area contributed by atoms with Gasteiger partial charge in [0.15, 0.2) is 0 Å². The zero-order valence-corrected chi connectivity index (χ0v) is 12.5. The van der Waals surface area contributed by atoms with Crippen LogP contribution in [0, 0.1) is 13.8 Å². The van der Waals surface area contributed by atoms with Gasteiger partial charge in [-0.25, -0.2) is 0 Å². The van der Waals surface area contributed by atoms with Gasteiger partial charge in [-0.2, -0.15) is 0 Å². The van der Waals surface area contributed by atoms with Crippen LogP contribution in [0.25, 0.3) is 0 Å². The lowest BCUT2D eigenvalue weighted by molar-refractivity contribution is -0.133. The van der Waals surface area contributed by atoms with E-state index >= 15 is 0 Å². The van der Waals surface area contributed by atoms with E-state index in [-0.39, 0.29) is 11.9 Å². The summed E-state index contributed by atoms with van der Waals surface area (Å²) in [6.45, 7) is 4.99. The van der Waals surface area contributed by atoms with Crippen molar-refractivity contribution in [3.05, 3.63) is 34.9 Å². The number of aryl methyl sites for hydroxylation is 2. The molecule has 0 spiro atoms. The highest BCUT2D eigenvalue weighted by Crippen LogP contribution is 2.20. The van der Waals surface area contributed by atoms with Gasteiger partial charge in [0.05, 0.1) is 6.42 Å². The van der Waals surface area contributed by atoms with Gasteiger partial charge in [0.25, 0.3) is 0 Å². The number of piperidine rings is 1. The van der Waals surface area contributed by atoms with Crippen molar-refractivity contribution in [2.75, 3.05) is 12.4 Å². The van der Waals surface area contributed by atoms with Crippen molar-refractivity contribution >= 4 is 17.5 Å². The number of halogens is 1. The molecule has 104 valence electrons. The SMILES string of the molecule is Cc1ccc(C)c(CC(=O)N2CCCCC2CCl)c1. The molecule has 1 aromatic carbocycles. The molecule has 0 N–H and O–H groups in total. The Morgan fingerprint density at radius 3 is 2.89 bits per heavy atom. The van der Waals surface area contributed by atoms with Crippen LogP contribution in [-0.2, 0) is 11.2 Å². The highest BCUT2D eigenvalue weighted by molar-refractivity contribution is 6.18. The van der Waals surface area contributed by atoms with Crippen LogP contribution in [0.15, 0.2) is 18.2 Å². The van der Waals surface area contributed by atoms with E-state index in [1.807, 2.05) is 4.90 Å². The maximum atomic E-state index is 12.5. The first-order valence-corrected chi connectivity index (χ1v) is 7.57. The number of benzene rings is 1. The Labute approximate surface area is 120 Å². The fourth-order valence-electron chi connectivity index (χ4n) is 2.74. The summed E-state index contributed by atoms with van der Waals surface area (Å²) in [7, 11) is 0. The van der Waals surface area contributed by atoms with E-state index in [2.05, 4.69) is 32.0 Å². The molecule has 1 heterocycles. The van der Waals surface area contributed by atoms with Gasteiger partial charge in [-0.15, -0.1) is 11.6 Å². The van der Waals surface area contributed by atoms with Gasteiger partial charge in [0, 0.05) is 18.5 Å². The molecule has 2 nitrogen and oxygen atoms in total. The molecule has 2 rings (SSSR count). The highest BCUT2D eigenvalue weighted by atomic mass is 35.5. The fourth-order valence-corrected chi connectivity index (χ4v) is 3.07. The predicted octanol–water partition coefficient (Wildman–Crippen LogP) is 3.47. The third-order valence-electron chi connectivity index (χ3n) is 3.97. The smallest absolute Gasteiger partial charge is 0.227 e. The van der Waals surface area contributed by atoms with Crippen LogP contribution in [-0.4, -0.2) is 29.3 Å². The number of carbonyl (C=O) groups excluding carboxylic acids is 1. The molecule has 1 saturated heterocycles. The van der Waals surface area contributed by atoms with Crippen molar-refractivity contribution in [2.24, 2.45) is 0 Å². The number of rotatable bonds is 3. The van der Waals surface area contributed by atoms with Crippen LogP contribution in [0.2, 0.25) is 0 Å². The quantitative estimate of drug-likeness (QED) is 0.776. The van der Waals surface area contributed by atoms with Crippen LogP contribution in [0.4, 0.5) is 0 Å². The summed E-state index contributed by atoms with van der Waals surface area (Å²) in [5, 5.41) is 0. The zero-order valence-electron chi connectivity index (χ0n) is 11.8. The molecule has 1 amide bonds. The summed E-state index contributed by atoms with van der Waals surface area (Å²) in [5.41, 5.74) is 3.54. The molecular weight excluding hydrogens is 258 g/mol. The molecule has 1 unspecified atom stereocenters. The van der Waals surface area contributed by atoms with E-state index in [4.69, 9.17) is 11.6 Å². The summed E-state index contributed by atoms with van der Waals surface area (Å²) < 4.78 is 0. The van der Waals surface area contributed by atoms with Gasteiger partial charge in [0.2, 0.25) is 5.91 Å². The molecule has 1 aromatic rings. The standard InChI is InChI=1S/C16H22ClNO/c1-12-6-7-13(2)14(9-12)10-16(19)18-8-4-3-5-15(18)11-17/h6-7,9,15H,3-5,8,10-11H2,1-2H3. The molecule has 1 atom stereocenters. The van der Waals surface area contributed by atoms with Crippen molar-refractivity contribution in [2.45, 2.75) is 45.6 Å². The Morgan fingerprint density at radius 1 is 1.37 bits per heavy atom. The Kier molecular flexibility index (Phi) is 4.87. The first-order chi connectivity index (χ1) is 9.11. The van der Waals surface area contributed by atoms with E-state index < -0.39 is 0 Å². The molecule has 19 heavy (non-hydrogen) atoms. The van der Waals surface area contributed by atoms with Crippen LogP contribution in [0.5, 0.6) is 0 Å². The third kappa shape index (κ3) is 3.50. The van der Waals surface area contributed by atoms with Crippen molar-refractivity contribution < 1.29 is 4.79 Å². The summed E-state index contributed by atoms with van der Waals surface area (Å²) in [6.07, 6.45) is 3.83. The maximum absolute atomic E-state index is 12.5. The van der Waals surface area contributed by atoms with Gasteiger partial charge >= 0.3 is 0 Å². The lowest BCUT2D eigenvalue weighted by Gasteiger charge is -2.34. The van der Waals surface area contributed by atoms with Crippen molar-refractivity contribution in [1.29, 1.82) is 0 Å². The molecule has 1 aliphatic rings. The Bertz CT molecular complexity index is 458. The minimum Gasteiger partial charge on any atom is -0.338 e. The number of hydrogen-bond acceptors (Lipinski definition) is 1. The molecule has 0 aliphatic carbocycles. The number of nitrogens with zero attached hydrogens (tertiary/aromatic N) is 1. The summed E-state index contributed by atoms with van der Waals surface area (Å²) >= 11 is 5.98. The number of alkyl halides is 1. The van der Waals surface area contributed by atoms with Gasteiger partial charge in [0.1, 0.15) is 0 Å². The summed E-state index contributed by atoms with van der Waals surface area (Å²) in [6, 6.07) is 6.53. The third-order valence-corrected chi connectivity index (χ3v) is 4.33. The molecule has 0 bridgehead atoms. The summed E-state index contributed by atoms with van der Waals surface area (Å²) in [4.78, 5) is 14.5. The second-order valence-electron chi connectivity index (χ2n) is 5.50. The lowest BCUT2D eigenvalue weighted by atomic mass is 9.99. The number of amides is 1. The van der Waals surface area contributed by atoms with Gasteiger partial charge < -0.3 is 4.90 Å². The Hall–Kier alpha value is -1.02. The lowest BCUT2D eigenvalue weighted by Crippen LogP contribution is -2.45. The predicted molar refractivity (Wildman–Crippen MR) is 79.7 cm³/mol. The van der Waals surface area contributed by atoms with Crippen LogP contribution < -0.4 is 0 Å². The molecular formula is C16H22ClNO. The maximum Gasteiger partial charge on any atom is 0.227 e. The van der Waals surface area contributed by atoms with Crippen molar-refractivity contribution in [3.8, 4) is 0 Å². The average molecular weight is 280 g/mol. The molecule has 1 aliphatic heterocycles. The van der Waals surface area contributed by atoms with E-state index in [0.717, 1.165) is 24.9 Å². The van der Waals surface area contributed by atoms with E-state index in [1.54, 1.807) is 0 Å². The molecule has 1 fully saturated rings. The average Bonchev–Trinajstić information content (AvgIpc) is 2.42. The van der Waals surface area contributed by atoms with Gasteiger partial charge in [-0.1, -0.05) is 23.8 Å².